The van der Waals surface area contributed by atoms with Crippen LogP contribution in [0.4, 0.5) is 10.1 Å². The highest BCUT2D eigenvalue weighted by Gasteiger charge is 2.24. The Bertz CT molecular complexity index is 978. The lowest BCUT2D eigenvalue weighted by Gasteiger charge is -2.22. The average molecular weight is 378 g/mol. The van der Waals surface area contributed by atoms with E-state index in [4.69, 9.17) is 0 Å². The number of halogens is 1. The molecule has 3 rings (SSSR count). The van der Waals surface area contributed by atoms with E-state index in [0.717, 1.165) is 16.3 Å². The van der Waals surface area contributed by atoms with Gasteiger partial charge < -0.3 is 10.6 Å². The Balaban J connectivity index is 1.70. The summed E-state index contributed by atoms with van der Waals surface area (Å²) in [5.41, 5.74) is 1.40. The summed E-state index contributed by atoms with van der Waals surface area (Å²) >= 11 is 0. The molecule has 0 bridgehead atoms. The van der Waals surface area contributed by atoms with Crippen molar-refractivity contribution in [2.45, 2.75) is 26.3 Å². The lowest BCUT2D eigenvalue weighted by atomic mass is 10.00. The fourth-order valence-corrected chi connectivity index (χ4v) is 3.13. The Kier molecular flexibility index (Phi) is 6.04. The molecule has 1 atom stereocenters. The molecule has 0 aliphatic rings. The van der Waals surface area contributed by atoms with E-state index in [1.807, 2.05) is 56.3 Å². The van der Waals surface area contributed by atoms with Crippen molar-refractivity contribution in [3.8, 4) is 0 Å². The molecule has 0 heterocycles. The quantitative estimate of drug-likeness (QED) is 0.672. The molecule has 0 fully saturated rings. The molecule has 2 N–H and O–H groups in total. The number of carbonyl (C=O) groups is 2. The maximum atomic E-state index is 13.0. The van der Waals surface area contributed by atoms with Crippen LogP contribution >= 0.6 is 0 Å². The normalized spacial score (nSPS) is 12.0. The molecule has 0 aliphatic heterocycles. The number of hydrogen-bond acceptors (Lipinski definition) is 2. The first-order valence-electron chi connectivity index (χ1n) is 9.26. The molecular formula is C23H23FN2O2. The van der Waals surface area contributed by atoms with Crippen LogP contribution in [0.15, 0.2) is 66.7 Å². The summed E-state index contributed by atoms with van der Waals surface area (Å²) in [4.78, 5) is 25.3. The maximum Gasteiger partial charge on any atom is 0.247 e. The zero-order valence-corrected chi connectivity index (χ0v) is 15.9. The van der Waals surface area contributed by atoms with E-state index in [1.54, 1.807) is 0 Å². The van der Waals surface area contributed by atoms with E-state index in [9.17, 15) is 14.0 Å². The van der Waals surface area contributed by atoms with E-state index in [-0.39, 0.29) is 30.0 Å². The van der Waals surface area contributed by atoms with Gasteiger partial charge in [-0.1, -0.05) is 56.3 Å². The van der Waals surface area contributed by atoms with Gasteiger partial charge in [-0.3, -0.25) is 9.59 Å². The number of fused-ring (bicyclic) bond motifs is 1. The standard InChI is InChI=1S/C23H23FN2O2/c1-15(2)22(23(28)25-19-12-10-18(24)11-13-19)26-21(27)14-17-8-5-7-16-6-3-4-9-20(16)17/h3-13,15,22H,14H2,1-2H3,(H,25,28)(H,26,27)/t22-/m0/s1. The minimum Gasteiger partial charge on any atom is -0.344 e. The molecule has 28 heavy (non-hydrogen) atoms. The largest absolute Gasteiger partial charge is 0.344 e. The van der Waals surface area contributed by atoms with Gasteiger partial charge in [0.2, 0.25) is 11.8 Å². The van der Waals surface area contributed by atoms with Crippen molar-refractivity contribution in [2.75, 3.05) is 5.32 Å². The van der Waals surface area contributed by atoms with E-state index >= 15 is 0 Å². The minimum atomic E-state index is -0.687. The molecule has 2 amide bonds. The van der Waals surface area contributed by atoms with Crippen LogP contribution in [-0.4, -0.2) is 17.9 Å². The number of carbonyl (C=O) groups excluding carboxylic acids is 2. The highest BCUT2D eigenvalue weighted by molar-refractivity contribution is 5.98. The zero-order chi connectivity index (χ0) is 20.1. The highest BCUT2D eigenvalue weighted by Crippen LogP contribution is 2.19. The van der Waals surface area contributed by atoms with Gasteiger partial charge in [-0.15, -0.1) is 0 Å². The summed E-state index contributed by atoms with van der Waals surface area (Å²) in [7, 11) is 0. The number of amides is 2. The second-order valence-electron chi connectivity index (χ2n) is 7.10. The Morgan fingerprint density at radius 3 is 2.32 bits per heavy atom. The maximum absolute atomic E-state index is 13.0. The van der Waals surface area contributed by atoms with Gasteiger partial charge in [0, 0.05) is 5.69 Å². The van der Waals surface area contributed by atoms with Crippen LogP contribution in [0.25, 0.3) is 10.8 Å². The first-order valence-corrected chi connectivity index (χ1v) is 9.26. The second-order valence-corrected chi connectivity index (χ2v) is 7.10. The van der Waals surface area contributed by atoms with Crippen LogP contribution in [-0.2, 0) is 16.0 Å². The van der Waals surface area contributed by atoms with Crippen LogP contribution in [0.3, 0.4) is 0 Å². The summed E-state index contributed by atoms with van der Waals surface area (Å²) in [6.45, 7) is 3.74. The molecule has 144 valence electrons. The van der Waals surface area contributed by atoms with Crippen molar-refractivity contribution < 1.29 is 14.0 Å². The minimum absolute atomic E-state index is 0.100. The van der Waals surface area contributed by atoms with Gasteiger partial charge in [0.1, 0.15) is 11.9 Å². The number of rotatable bonds is 6. The van der Waals surface area contributed by atoms with E-state index in [1.165, 1.54) is 24.3 Å². The lowest BCUT2D eigenvalue weighted by Crippen LogP contribution is -2.47. The predicted octanol–water partition coefficient (Wildman–Crippen LogP) is 4.30. The smallest absolute Gasteiger partial charge is 0.247 e. The van der Waals surface area contributed by atoms with Crippen LogP contribution in [0.5, 0.6) is 0 Å². The van der Waals surface area contributed by atoms with Gasteiger partial charge in [-0.05, 0) is 46.5 Å². The van der Waals surface area contributed by atoms with Crippen molar-refractivity contribution in [2.24, 2.45) is 5.92 Å². The molecule has 0 aromatic heterocycles. The van der Waals surface area contributed by atoms with Gasteiger partial charge in [-0.25, -0.2) is 4.39 Å². The molecule has 4 nitrogen and oxygen atoms in total. The predicted molar refractivity (Wildman–Crippen MR) is 109 cm³/mol. The molecule has 3 aromatic rings. The number of benzene rings is 3. The van der Waals surface area contributed by atoms with E-state index in [2.05, 4.69) is 10.6 Å². The molecule has 0 aliphatic carbocycles. The number of hydrogen-bond donors (Lipinski definition) is 2. The molecule has 0 saturated heterocycles. The van der Waals surface area contributed by atoms with Crippen LogP contribution in [0, 0.1) is 11.7 Å². The lowest BCUT2D eigenvalue weighted by molar-refractivity contribution is -0.127. The molecule has 0 saturated carbocycles. The van der Waals surface area contributed by atoms with E-state index in [0.29, 0.717) is 5.69 Å². The van der Waals surface area contributed by atoms with Crippen molar-refractivity contribution >= 4 is 28.3 Å². The first kappa shape index (κ1) is 19.5. The van der Waals surface area contributed by atoms with Gasteiger partial charge in [0.05, 0.1) is 6.42 Å². The van der Waals surface area contributed by atoms with Crippen molar-refractivity contribution in [3.63, 3.8) is 0 Å². The Labute approximate surface area is 163 Å². The SMILES string of the molecule is CC(C)[C@H](NC(=O)Cc1cccc2ccccc12)C(=O)Nc1ccc(F)cc1. The third-order valence-electron chi connectivity index (χ3n) is 4.61. The molecular weight excluding hydrogens is 355 g/mol. The molecule has 0 radical (unpaired) electrons. The Morgan fingerprint density at radius 1 is 0.929 bits per heavy atom. The monoisotopic (exact) mass is 378 g/mol. The second kappa shape index (κ2) is 8.65. The third kappa shape index (κ3) is 4.74. The van der Waals surface area contributed by atoms with Crippen molar-refractivity contribution in [1.29, 1.82) is 0 Å². The highest BCUT2D eigenvalue weighted by atomic mass is 19.1. The Hall–Kier alpha value is -3.21. The third-order valence-corrected chi connectivity index (χ3v) is 4.61. The summed E-state index contributed by atoms with van der Waals surface area (Å²) in [6.07, 6.45) is 0.189. The summed E-state index contributed by atoms with van der Waals surface area (Å²) in [5, 5.41) is 7.66. The number of nitrogens with one attached hydrogen (secondary N) is 2. The molecule has 0 spiro atoms. The molecule has 3 aromatic carbocycles. The first-order chi connectivity index (χ1) is 13.4. The van der Waals surface area contributed by atoms with Crippen molar-refractivity contribution in [3.05, 3.63) is 78.1 Å². The van der Waals surface area contributed by atoms with Gasteiger partial charge in [0.25, 0.3) is 0 Å². The van der Waals surface area contributed by atoms with Gasteiger partial charge in [-0.2, -0.15) is 0 Å². The summed E-state index contributed by atoms with van der Waals surface area (Å²) < 4.78 is 13.0. The fourth-order valence-electron chi connectivity index (χ4n) is 3.13. The van der Waals surface area contributed by atoms with Gasteiger partial charge in [0.15, 0.2) is 0 Å². The van der Waals surface area contributed by atoms with Crippen LogP contribution in [0.1, 0.15) is 19.4 Å². The summed E-state index contributed by atoms with van der Waals surface area (Å²) in [5.74, 6) is -1.02. The molecule has 5 heteroatoms. The zero-order valence-electron chi connectivity index (χ0n) is 15.9. The van der Waals surface area contributed by atoms with Crippen molar-refractivity contribution in [1.82, 2.24) is 5.32 Å². The average Bonchev–Trinajstić information content (AvgIpc) is 2.68. The van der Waals surface area contributed by atoms with Crippen LogP contribution in [0.2, 0.25) is 0 Å². The topological polar surface area (TPSA) is 58.2 Å². The fraction of sp³-hybridized carbons (Fsp3) is 0.217. The van der Waals surface area contributed by atoms with Gasteiger partial charge >= 0.3 is 0 Å². The summed E-state index contributed by atoms with van der Waals surface area (Å²) in [6, 6.07) is 18.6. The number of anilines is 1. The van der Waals surface area contributed by atoms with E-state index < -0.39 is 6.04 Å². The van der Waals surface area contributed by atoms with Crippen LogP contribution < -0.4 is 10.6 Å². The Morgan fingerprint density at radius 2 is 1.61 bits per heavy atom. The molecule has 0 unspecified atom stereocenters.